The Morgan fingerprint density at radius 3 is 3.06 bits per heavy atom. The third-order valence-electron chi connectivity index (χ3n) is 2.91. The van der Waals surface area contributed by atoms with E-state index < -0.39 is 5.97 Å². The molecule has 4 nitrogen and oxygen atoms in total. The Bertz CT molecular complexity index is 427. The van der Waals surface area contributed by atoms with Crippen LogP contribution in [0.25, 0.3) is 0 Å². The maximum Gasteiger partial charge on any atom is 0.339 e. The number of para-hydroxylation sites is 1. The Balaban J connectivity index is 1.97. The molecule has 0 radical (unpaired) electrons. The van der Waals surface area contributed by atoms with Crippen molar-refractivity contribution in [2.75, 3.05) is 13.2 Å². The number of hydrogen-bond acceptors (Lipinski definition) is 3. The van der Waals surface area contributed by atoms with Crippen LogP contribution in [-0.4, -0.2) is 30.4 Å². The molecule has 5 heteroatoms. The van der Waals surface area contributed by atoms with Crippen LogP contribution in [0.5, 0.6) is 5.75 Å². The largest absolute Gasteiger partial charge is 0.491 e. The van der Waals surface area contributed by atoms with Crippen LogP contribution >= 0.6 is 11.6 Å². The van der Waals surface area contributed by atoms with E-state index in [0.29, 0.717) is 11.6 Å². The molecule has 2 rings (SSSR count). The highest BCUT2D eigenvalue weighted by molar-refractivity contribution is 6.32. The number of carboxylic acids is 1. The lowest BCUT2D eigenvalue weighted by molar-refractivity contribution is 0.0689. The summed E-state index contributed by atoms with van der Waals surface area (Å²) in [6.07, 6.45) is 3.10. The maximum absolute atomic E-state index is 11.0. The SMILES string of the molecule is O=C(O)c1cccc(Cl)c1OCCC1CCCO1. The first-order valence-electron chi connectivity index (χ1n) is 5.94. The van der Waals surface area contributed by atoms with Crippen LogP contribution in [0.3, 0.4) is 0 Å². The fourth-order valence-electron chi connectivity index (χ4n) is 1.99. The molecule has 1 unspecified atom stereocenters. The van der Waals surface area contributed by atoms with Crippen LogP contribution in [0.2, 0.25) is 5.02 Å². The van der Waals surface area contributed by atoms with Crippen molar-refractivity contribution in [1.29, 1.82) is 0 Å². The molecule has 1 saturated heterocycles. The number of benzene rings is 1. The van der Waals surface area contributed by atoms with E-state index in [4.69, 9.17) is 26.2 Å². The highest BCUT2D eigenvalue weighted by Crippen LogP contribution is 2.29. The number of rotatable bonds is 5. The zero-order valence-corrected chi connectivity index (χ0v) is 10.7. The predicted octanol–water partition coefficient (Wildman–Crippen LogP) is 2.99. The Labute approximate surface area is 110 Å². The highest BCUT2D eigenvalue weighted by atomic mass is 35.5. The molecule has 0 aromatic heterocycles. The number of carboxylic acid groups (broad SMARTS) is 1. The van der Waals surface area contributed by atoms with Crippen LogP contribution in [0.1, 0.15) is 29.6 Å². The molecule has 1 heterocycles. The van der Waals surface area contributed by atoms with Gasteiger partial charge in [0.25, 0.3) is 0 Å². The van der Waals surface area contributed by atoms with E-state index in [2.05, 4.69) is 0 Å². The highest BCUT2D eigenvalue weighted by Gasteiger charge is 2.17. The quantitative estimate of drug-likeness (QED) is 0.894. The molecule has 1 aliphatic rings. The predicted molar refractivity (Wildman–Crippen MR) is 67.5 cm³/mol. The van der Waals surface area contributed by atoms with Crippen molar-refractivity contribution < 1.29 is 19.4 Å². The second-order valence-electron chi connectivity index (χ2n) is 4.19. The van der Waals surface area contributed by atoms with E-state index in [-0.39, 0.29) is 17.4 Å². The van der Waals surface area contributed by atoms with Gasteiger partial charge in [-0.25, -0.2) is 4.79 Å². The minimum absolute atomic E-state index is 0.0924. The molecule has 0 spiro atoms. The third-order valence-corrected chi connectivity index (χ3v) is 3.21. The topological polar surface area (TPSA) is 55.8 Å². The molecule has 0 saturated carbocycles. The second-order valence-corrected chi connectivity index (χ2v) is 4.60. The summed E-state index contributed by atoms with van der Waals surface area (Å²) in [5.41, 5.74) is 0.0924. The van der Waals surface area contributed by atoms with Crippen LogP contribution < -0.4 is 4.74 Å². The lowest BCUT2D eigenvalue weighted by atomic mass is 10.2. The minimum atomic E-state index is -1.04. The van der Waals surface area contributed by atoms with E-state index >= 15 is 0 Å². The van der Waals surface area contributed by atoms with Gasteiger partial charge < -0.3 is 14.6 Å². The molecule has 0 aliphatic carbocycles. The summed E-state index contributed by atoms with van der Waals surface area (Å²) >= 11 is 5.95. The lowest BCUT2D eigenvalue weighted by Gasteiger charge is -2.13. The molecular formula is C13H15ClO4. The van der Waals surface area contributed by atoms with Gasteiger partial charge in [-0.15, -0.1) is 0 Å². The van der Waals surface area contributed by atoms with E-state index in [9.17, 15) is 4.79 Å². The lowest BCUT2D eigenvalue weighted by Crippen LogP contribution is -2.12. The minimum Gasteiger partial charge on any atom is -0.491 e. The van der Waals surface area contributed by atoms with Crippen molar-refractivity contribution in [3.63, 3.8) is 0 Å². The van der Waals surface area contributed by atoms with Crippen molar-refractivity contribution in [2.24, 2.45) is 0 Å². The third kappa shape index (κ3) is 3.15. The van der Waals surface area contributed by atoms with Crippen LogP contribution in [0.4, 0.5) is 0 Å². The van der Waals surface area contributed by atoms with E-state index in [1.165, 1.54) is 6.07 Å². The van der Waals surface area contributed by atoms with Crippen LogP contribution in [0.15, 0.2) is 18.2 Å². The zero-order chi connectivity index (χ0) is 13.0. The summed E-state index contributed by atoms with van der Waals surface area (Å²) in [7, 11) is 0. The van der Waals surface area contributed by atoms with Gasteiger partial charge in [0.2, 0.25) is 0 Å². The van der Waals surface area contributed by atoms with Crippen molar-refractivity contribution in [1.82, 2.24) is 0 Å². The fourth-order valence-corrected chi connectivity index (χ4v) is 2.22. The summed E-state index contributed by atoms with van der Waals surface area (Å²) in [4.78, 5) is 11.0. The first kappa shape index (κ1) is 13.2. The van der Waals surface area contributed by atoms with Crippen molar-refractivity contribution in [3.8, 4) is 5.75 Å². The van der Waals surface area contributed by atoms with Gasteiger partial charge in [0.15, 0.2) is 5.75 Å². The summed E-state index contributed by atoms with van der Waals surface area (Å²) in [6, 6.07) is 4.70. The molecule has 1 aromatic carbocycles. The summed E-state index contributed by atoms with van der Waals surface area (Å²) in [5.74, 6) is -0.797. The van der Waals surface area contributed by atoms with Crippen molar-refractivity contribution in [2.45, 2.75) is 25.4 Å². The molecule has 1 aromatic rings. The standard InChI is InChI=1S/C13H15ClO4/c14-11-5-1-4-10(13(15)16)12(11)18-8-6-9-3-2-7-17-9/h1,4-5,9H,2-3,6-8H2,(H,15,16). The van der Waals surface area contributed by atoms with Gasteiger partial charge >= 0.3 is 5.97 Å². The molecule has 98 valence electrons. The average Bonchev–Trinajstić information content (AvgIpc) is 2.84. The van der Waals surface area contributed by atoms with Gasteiger partial charge in [0.1, 0.15) is 5.56 Å². The number of halogens is 1. The van der Waals surface area contributed by atoms with E-state index in [1.54, 1.807) is 12.1 Å². The van der Waals surface area contributed by atoms with Crippen LogP contribution in [-0.2, 0) is 4.74 Å². The van der Waals surface area contributed by atoms with E-state index in [0.717, 1.165) is 25.9 Å². The Morgan fingerprint density at radius 2 is 2.39 bits per heavy atom. The maximum atomic E-state index is 11.0. The Hall–Kier alpha value is -1.26. The second kappa shape index (κ2) is 6.07. The van der Waals surface area contributed by atoms with Crippen molar-refractivity contribution in [3.05, 3.63) is 28.8 Å². The number of aromatic carboxylic acids is 1. The zero-order valence-electron chi connectivity index (χ0n) is 9.89. The van der Waals surface area contributed by atoms with Gasteiger partial charge in [-0.2, -0.15) is 0 Å². The molecule has 0 amide bonds. The van der Waals surface area contributed by atoms with Crippen molar-refractivity contribution >= 4 is 17.6 Å². The smallest absolute Gasteiger partial charge is 0.339 e. The fraction of sp³-hybridized carbons (Fsp3) is 0.462. The van der Waals surface area contributed by atoms with Gasteiger partial charge in [0, 0.05) is 13.0 Å². The van der Waals surface area contributed by atoms with Gasteiger partial charge in [-0.3, -0.25) is 0 Å². The molecule has 18 heavy (non-hydrogen) atoms. The molecular weight excluding hydrogens is 256 g/mol. The van der Waals surface area contributed by atoms with Crippen LogP contribution in [0, 0.1) is 0 Å². The number of carbonyl (C=O) groups is 1. The van der Waals surface area contributed by atoms with E-state index in [1.807, 2.05) is 0 Å². The molecule has 1 fully saturated rings. The van der Waals surface area contributed by atoms with Gasteiger partial charge in [-0.05, 0) is 25.0 Å². The Kier molecular flexibility index (Phi) is 4.44. The first-order valence-corrected chi connectivity index (χ1v) is 6.32. The molecule has 1 aliphatic heterocycles. The molecule has 0 bridgehead atoms. The monoisotopic (exact) mass is 270 g/mol. The number of hydrogen-bond donors (Lipinski definition) is 1. The first-order chi connectivity index (χ1) is 8.68. The molecule has 1 atom stereocenters. The van der Waals surface area contributed by atoms with Gasteiger partial charge in [0.05, 0.1) is 17.7 Å². The summed E-state index contributed by atoms with van der Waals surface area (Å²) < 4.78 is 11.0. The summed E-state index contributed by atoms with van der Waals surface area (Å²) in [6.45, 7) is 1.21. The number of ether oxygens (including phenoxy) is 2. The average molecular weight is 271 g/mol. The van der Waals surface area contributed by atoms with Gasteiger partial charge in [-0.1, -0.05) is 17.7 Å². The Morgan fingerprint density at radius 1 is 1.56 bits per heavy atom. The summed E-state index contributed by atoms with van der Waals surface area (Å²) in [5, 5.41) is 9.36. The molecule has 1 N–H and O–H groups in total. The normalized spacial score (nSPS) is 18.8.